The van der Waals surface area contributed by atoms with Crippen molar-refractivity contribution in [2.24, 2.45) is 4.99 Å². The number of nitrogens with zero attached hydrogens (tertiary/aromatic N) is 2. The van der Waals surface area contributed by atoms with Gasteiger partial charge in [-0.1, -0.05) is 6.07 Å². The second-order valence-corrected chi connectivity index (χ2v) is 6.17. The van der Waals surface area contributed by atoms with Crippen molar-refractivity contribution in [2.75, 3.05) is 39.8 Å². The number of halogens is 1. The molecule has 0 saturated carbocycles. The van der Waals surface area contributed by atoms with Crippen LogP contribution in [0.3, 0.4) is 0 Å². The fourth-order valence-electron chi connectivity index (χ4n) is 2.79. The van der Waals surface area contributed by atoms with Crippen LogP contribution < -0.4 is 15.4 Å². The Labute approximate surface area is 144 Å². The molecule has 1 saturated heterocycles. The van der Waals surface area contributed by atoms with Crippen molar-refractivity contribution in [1.82, 2.24) is 15.5 Å². The summed E-state index contributed by atoms with van der Waals surface area (Å²) in [6.45, 7) is 7.06. The topological polar surface area (TPSA) is 48.9 Å². The summed E-state index contributed by atoms with van der Waals surface area (Å²) < 4.78 is 18.8. The number of ether oxygens (including phenoxy) is 1. The highest BCUT2D eigenvalue weighted by Crippen LogP contribution is 2.13. The Morgan fingerprint density at radius 1 is 1.33 bits per heavy atom. The molecule has 6 heteroatoms. The molecule has 1 unspecified atom stereocenters. The maximum absolute atomic E-state index is 13.1. The largest absolute Gasteiger partial charge is 0.489 e. The van der Waals surface area contributed by atoms with Crippen molar-refractivity contribution in [3.8, 4) is 5.75 Å². The van der Waals surface area contributed by atoms with Gasteiger partial charge in [-0.3, -0.25) is 4.99 Å². The zero-order valence-corrected chi connectivity index (χ0v) is 14.7. The van der Waals surface area contributed by atoms with Crippen molar-refractivity contribution in [1.29, 1.82) is 0 Å². The van der Waals surface area contributed by atoms with Gasteiger partial charge in [0.15, 0.2) is 5.96 Å². The van der Waals surface area contributed by atoms with Gasteiger partial charge in [-0.05, 0) is 58.0 Å². The van der Waals surface area contributed by atoms with E-state index in [4.69, 9.17) is 4.74 Å². The molecule has 1 aliphatic heterocycles. The van der Waals surface area contributed by atoms with E-state index in [-0.39, 0.29) is 11.9 Å². The average Bonchev–Trinajstić information content (AvgIpc) is 3.07. The summed E-state index contributed by atoms with van der Waals surface area (Å²) >= 11 is 0. The van der Waals surface area contributed by atoms with E-state index < -0.39 is 0 Å². The van der Waals surface area contributed by atoms with Crippen LogP contribution in [0.1, 0.15) is 26.2 Å². The van der Waals surface area contributed by atoms with Gasteiger partial charge >= 0.3 is 0 Å². The van der Waals surface area contributed by atoms with Gasteiger partial charge in [-0.15, -0.1) is 0 Å². The van der Waals surface area contributed by atoms with Crippen LogP contribution in [0.25, 0.3) is 0 Å². The van der Waals surface area contributed by atoms with Crippen LogP contribution in [0.4, 0.5) is 4.39 Å². The third-order valence-corrected chi connectivity index (χ3v) is 4.06. The smallest absolute Gasteiger partial charge is 0.191 e. The molecule has 134 valence electrons. The molecule has 0 amide bonds. The molecule has 1 aromatic carbocycles. The molecule has 1 atom stereocenters. The third kappa shape index (κ3) is 6.74. The Balaban J connectivity index is 1.61. The fourth-order valence-corrected chi connectivity index (χ4v) is 2.79. The van der Waals surface area contributed by atoms with Crippen LogP contribution in [-0.4, -0.2) is 56.7 Å². The first-order valence-corrected chi connectivity index (χ1v) is 8.76. The summed E-state index contributed by atoms with van der Waals surface area (Å²) in [4.78, 5) is 6.72. The molecule has 0 aliphatic carbocycles. The van der Waals surface area contributed by atoms with Crippen molar-refractivity contribution >= 4 is 5.96 Å². The summed E-state index contributed by atoms with van der Waals surface area (Å²) in [6.07, 6.45) is 3.69. The van der Waals surface area contributed by atoms with Crippen molar-refractivity contribution < 1.29 is 9.13 Å². The normalized spacial score (nSPS) is 16.9. The molecule has 24 heavy (non-hydrogen) atoms. The quantitative estimate of drug-likeness (QED) is 0.434. The number of likely N-dealkylation sites (tertiary alicyclic amines) is 1. The van der Waals surface area contributed by atoms with Gasteiger partial charge in [0.2, 0.25) is 0 Å². The van der Waals surface area contributed by atoms with Gasteiger partial charge in [0, 0.05) is 19.7 Å². The molecule has 0 radical (unpaired) electrons. The lowest BCUT2D eigenvalue weighted by Crippen LogP contribution is -2.42. The highest BCUT2D eigenvalue weighted by Gasteiger charge is 2.10. The number of aliphatic imine (C=N–C) groups is 1. The number of hydrogen-bond donors (Lipinski definition) is 2. The molecule has 0 spiro atoms. The Bertz CT molecular complexity index is 517. The SMILES string of the molecule is CN=C(NCCCN1CCCC1)NCC(C)Oc1cccc(F)c1. The molecular weight excluding hydrogens is 307 g/mol. The Hall–Kier alpha value is -1.82. The van der Waals surface area contributed by atoms with Crippen molar-refractivity contribution in [3.63, 3.8) is 0 Å². The van der Waals surface area contributed by atoms with Gasteiger partial charge in [-0.2, -0.15) is 0 Å². The van der Waals surface area contributed by atoms with Crippen molar-refractivity contribution in [2.45, 2.75) is 32.3 Å². The highest BCUT2D eigenvalue weighted by atomic mass is 19.1. The first-order chi connectivity index (χ1) is 11.7. The monoisotopic (exact) mass is 336 g/mol. The minimum absolute atomic E-state index is 0.0880. The zero-order chi connectivity index (χ0) is 17.2. The number of hydrogen-bond acceptors (Lipinski definition) is 3. The maximum atomic E-state index is 13.1. The van der Waals surface area contributed by atoms with E-state index in [0.29, 0.717) is 12.3 Å². The second-order valence-electron chi connectivity index (χ2n) is 6.17. The summed E-state index contributed by atoms with van der Waals surface area (Å²) in [5, 5.41) is 6.56. The summed E-state index contributed by atoms with van der Waals surface area (Å²) in [6, 6.07) is 6.20. The number of guanidine groups is 1. The van der Waals surface area contributed by atoms with Gasteiger partial charge in [-0.25, -0.2) is 4.39 Å². The molecule has 1 heterocycles. The van der Waals surface area contributed by atoms with Crippen LogP contribution in [0, 0.1) is 5.82 Å². The minimum Gasteiger partial charge on any atom is -0.489 e. The first-order valence-electron chi connectivity index (χ1n) is 8.76. The van der Waals surface area contributed by atoms with E-state index in [0.717, 1.165) is 25.5 Å². The van der Waals surface area contributed by atoms with E-state index in [2.05, 4.69) is 20.5 Å². The van der Waals surface area contributed by atoms with E-state index in [1.54, 1.807) is 19.2 Å². The van der Waals surface area contributed by atoms with Gasteiger partial charge in [0.1, 0.15) is 17.7 Å². The lowest BCUT2D eigenvalue weighted by atomic mass is 10.3. The van der Waals surface area contributed by atoms with Gasteiger partial charge in [0.05, 0.1) is 6.54 Å². The zero-order valence-electron chi connectivity index (χ0n) is 14.7. The molecule has 2 N–H and O–H groups in total. The number of benzene rings is 1. The van der Waals surface area contributed by atoms with Gasteiger partial charge < -0.3 is 20.3 Å². The standard InChI is InChI=1S/C18H29FN4O/c1-15(24-17-8-5-7-16(19)13-17)14-22-18(20-2)21-9-6-12-23-10-3-4-11-23/h5,7-8,13,15H,3-4,6,9-12,14H2,1-2H3,(H2,20,21,22). The molecule has 0 aromatic heterocycles. The minimum atomic E-state index is -0.289. The molecule has 1 aliphatic rings. The Morgan fingerprint density at radius 2 is 2.12 bits per heavy atom. The van der Waals surface area contributed by atoms with E-state index in [1.165, 1.54) is 38.1 Å². The first kappa shape index (κ1) is 18.5. The van der Waals surface area contributed by atoms with E-state index in [1.807, 2.05) is 6.92 Å². The molecule has 5 nitrogen and oxygen atoms in total. The predicted molar refractivity (Wildman–Crippen MR) is 96.1 cm³/mol. The maximum Gasteiger partial charge on any atom is 0.191 e. The van der Waals surface area contributed by atoms with Crippen molar-refractivity contribution in [3.05, 3.63) is 30.1 Å². The Morgan fingerprint density at radius 3 is 2.83 bits per heavy atom. The lowest BCUT2D eigenvalue weighted by molar-refractivity contribution is 0.223. The van der Waals surface area contributed by atoms with Crippen LogP contribution in [-0.2, 0) is 0 Å². The predicted octanol–water partition coefficient (Wildman–Crippen LogP) is 2.24. The van der Waals surface area contributed by atoms with E-state index in [9.17, 15) is 4.39 Å². The summed E-state index contributed by atoms with van der Waals surface area (Å²) in [7, 11) is 1.76. The van der Waals surface area contributed by atoms with Crippen LogP contribution in [0.2, 0.25) is 0 Å². The molecular formula is C18H29FN4O. The lowest BCUT2D eigenvalue weighted by Gasteiger charge is -2.18. The van der Waals surface area contributed by atoms with Gasteiger partial charge in [0.25, 0.3) is 0 Å². The Kier molecular flexibility index (Phi) is 7.82. The molecule has 1 fully saturated rings. The number of nitrogens with one attached hydrogen (secondary N) is 2. The second kappa shape index (κ2) is 10.1. The highest BCUT2D eigenvalue weighted by molar-refractivity contribution is 5.79. The molecule has 2 rings (SSSR count). The molecule has 1 aromatic rings. The average molecular weight is 336 g/mol. The van der Waals surface area contributed by atoms with Crippen LogP contribution in [0.15, 0.2) is 29.3 Å². The van der Waals surface area contributed by atoms with E-state index >= 15 is 0 Å². The summed E-state index contributed by atoms with van der Waals surface area (Å²) in [5.41, 5.74) is 0. The van der Waals surface area contributed by atoms with Crippen LogP contribution >= 0.6 is 0 Å². The molecule has 0 bridgehead atoms. The third-order valence-electron chi connectivity index (χ3n) is 4.06. The fraction of sp³-hybridized carbons (Fsp3) is 0.611. The number of rotatable bonds is 8. The summed E-state index contributed by atoms with van der Waals surface area (Å²) in [5.74, 6) is 1.02. The van der Waals surface area contributed by atoms with Crippen LogP contribution in [0.5, 0.6) is 5.75 Å².